The number of piperazine rings is 1. The summed E-state index contributed by atoms with van der Waals surface area (Å²) in [7, 11) is 0. The van der Waals surface area contributed by atoms with Crippen molar-refractivity contribution in [2.24, 2.45) is 0 Å². The Bertz CT molecular complexity index is 1020. The first kappa shape index (κ1) is 17.4. The van der Waals surface area contributed by atoms with Crippen LogP contribution in [0.15, 0.2) is 35.3 Å². The predicted octanol–water partition coefficient (Wildman–Crippen LogP) is 1.91. The van der Waals surface area contributed by atoms with Gasteiger partial charge in [0, 0.05) is 26.2 Å². The van der Waals surface area contributed by atoms with Gasteiger partial charge in [0.05, 0.1) is 17.4 Å². The molecule has 1 aromatic carbocycles. The zero-order valence-corrected chi connectivity index (χ0v) is 15.8. The van der Waals surface area contributed by atoms with E-state index in [1.54, 1.807) is 16.9 Å². The van der Waals surface area contributed by atoms with Gasteiger partial charge in [-0.15, -0.1) is 0 Å². The molecule has 1 fully saturated rings. The van der Waals surface area contributed by atoms with Gasteiger partial charge in [-0.05, 0) is 32.9 Å². The number of fused-ring (bicyclic) bond motifs is 1. The number of para-hydroxylation sites is 2. The normalized spacial score (nSPS) is 15.5. The molecule has 2 N–H and O–H groups in total. The monoisotopic (exact) mass is 368 g/mol. The molecule has 1 aliphatic rings. The Hall–Kier alpha value is -3.03. The molecule has 0 bridgehead atoms. The number of aromatic nitrogens is 4. The number of aromatic amines is 1. The van der Waals surface area contributed by atoms with Crippen LogP contribution < -0.4 is 15.4 Å². The smallest absolute Gasteiger partial charge is 0.263 e. The van der Waals surface area contributed by atoms with Crippen LogP contribution in [-0.2, 0) is 5.54 Å². The first-order valence-electron chi connectivity index (χ1n) is 9.11. The van der Waals surface area contributed by atoms with Gasteiger partial charge < -0.3 is 14.9 Å². The summed E-state index contributed by atoms with van der Waals surface area (Å²) in [6.45, 7) is 8.97. The number of nitrogens with zero attached hydrogens (tertiary/aromatic N) is 5. The van der Waals surface area contributed by atoms with E-state index in [4.69, 9.17) is 4.98 Å². The van der Waals surface area contributed by atoms with Crippen molar-refractivity contribution in [3.8, 4) is 5.75 Å². The lowest BCUT2D eigenvalue weighted by Gasteiger charge is -2.36. The lowest BCUT2D eigenvalue weighted by atomic mass is 10.1. The number of nitrogens with one attached hydrogen (secondary N) is 1. The Kier molecular flexibility index (Phi) is 4.05. The number of H-pyrrole nitrogens is 1. The van der Waals surface area contributed by atoms with E-state index in [0.717, 1.165) is 18.8 Å². The molecule has 0 unspecified atom stereocenters. The highest BCUT2D eigenvalue weighted by molar-refractivity contribution is 5.75. The molecule has 1 saturated heterocycles. The third-order valence-corrected chi connectivity index (χ3v) is 4.86. The van der Waals surface area contributed by atoms with Gasteiger partial charge in [0.25, 0.3) is 5.56 Å². The van der Waals surface area contributed by atoms with Gasteiger partial charge in [-0.1, -0.05) is 12.1 Å². The van der Waals surface area contributed by atoms with E-state index in [9.17, 15) is 9.90 Å². The van der Waals surface area contributed by atoms with Crippen molar-refractivity contribution in [1.82, 2.24) is 19.7 Å². The minimum Gasteiger partial charge on any atom is -0.506 e. The summed E-state index contributed by atoms with van der Waals surface area (Å²) < 4.78 is 1.79. The van der Waals surface area contributed by atoms with Crippen molar-refractivity contribution in [1.29, 1.82) is 0 Å². The van der Waals surface area contributed by atoms with E-state index in [2.05, 4.69) is 19.9 Å². The SMILES string of the molecule is CC(C)(C)n1ncc2c(=O)[nH]c(N3CCN(c4ccccc4O)CC3)nc21. The second-order valence-electron chi connectivity index (χ2n) is 7.82. The summed E-state index contributed by atoms with van der Waals surface area (Å²) in [6, 6.07) is 7.35. The molecule has 8 nitrogen and oxygen atoms in total. The highest BCUT2D eigenvalue weighted by atomic mass is 16.3. The van der Waals surface area contributed by atoms with Gasteiger partial charge >= 0.3 is 0 Å². The summed E-state index contributed by atoms with van der Waals surface area (Å²) >= 11 is 0. The average Bonchev–Trinajstić information content (AvgIpc) is 3.07. The summed E-state index contributed by atoms with van der Waals surface area (Å²) in [5.74, 6) is 0.850. The molecule has 2 aromatic heterocycles. The average molecular weight is 368 g/mol. The van der Waals surface area contributed by atoms with Crippen molar-refractivity contribution >= 4 is 22.7 Å². The molecule has 4 rings (SSSR count). The highest BCUT2D eigenvalue weighted by Gasteiger charge is 2.24. The number of rotatable bonds is 2. The molecule has 0 saturated carbocycles. The molecule has 0 atom stereocenters. The fourth-order valence-electron chi connectivity index (χ4n) is 3.44. The maximum Gasteiger partial charge on any atom is 0.263 e. The summed E-state index contributed by atoms with van der Waals surface area (Å²) in [6.07, 6.45) is 1.58. The summed E-state index contributed by atoms with van der Waals surface area (Å²) in [5, 5.41) is 14.9. The van der Waals surface area contributed by atoms with E-state index in [1.165, 1.54) is 0 Å². The van der Waals surface area contributed by atoms with Crippen LogP contribution in [0.5, 0.6) is 5.75 Å². The fraction of sp³-hybridized carbons (Fsp3) is 0.421. The number of phenols is 1. The molecule has 0 radical (unpaired) electrons. The van der Waals surface area contributed by atoms with Crippen molar-refractivity contribution in [3.05, 3.63) is 40.8 Å². The molecular weight excluding hydrogens is 344 g/mol. The van der Waals surface area contributed by atoms with Crippen LogP contribution in [0.1, 0.15) is 20.8 Å². The zero-order chi connectivity index (χ0) is 19.2. The maximum absolute atomic E-state index is 12.5. The van der Waals surface area contributed by atoms with Gasteiger partial charge in [0.15, 0.2) is 5.65 Å². The van der Waals surface area contributed by atoms with Crippen LogP contribution in [0, 0.1) is 0 Å². The second-order valence-corrected chi connectivity index (χ2v) is 7.82. The van der Waals surface area contributed by atoms with E-state index >= 15 is 0 Å². The Labute approximate surface area is 157 Å². The van der Waals surface area contributed by atoms with Crippen LogP contribution in [0.4, 0.5) is 11.6 Å². The molecule has 1 aliphatic heterocycles. The molecular formula is C19H24N6O2. The number of phenolic OH excluding ortho intramolecular Hbond substituents is 1. The highest BCUT2D eigenvalue weighted by Crippen LogP contribution is 2.28. The van der Waals surface area contributed by atoms with Crippen LogP contribution in [0.25, 0.3) is 11.0 Å². The number of aromatic hydroxyl groups is 1. The van der Waals surface area contributed by atoms with Gasteiger partial charge in [0.2, 0.25) is 5.95 Å². The first-order valence-corrected chi connectivity index (χ1v) is 9.11. The Morgan fingerprint density at radius 1 is 1.07 bits per heavy atom. The largest absolute Gasteiger partial charge is 0.506 e. The summed E-state index contributed by atoms with van der Waals surface area (Å²) in [4.78, 5) is 24.3. The van der Waals surface area contributed by atoms with Crippen LogP contribution >= 0.6 is 0 Å². The van der Waals surface area contributed by atoms with Gasteiger partial charge in [-0.2, -0.15) is 10.1 Å². The van der Waals surface area contributed by atoms with Crippen LogP contribution in [0.2, 0.25) is 0 Å². The third kappa shape index (κ3) is 3.11. The van der Waals surface area contributed by atoms with Crippen molar-refractivity contribution in [2.75, 3.05) is 36.0 Å². The second kappa shape index (κ2) is 6.29. The predicted molar refractivity (Wildman–Crippen MR) is 106 cm³/mol. The van der Waals surface area contributed by atoms with E-state index < -0.39 is 0 Å². The lowest BCUT2D eigenvalue weighted by Crippen LogP contribution is -2.47. The standard InChI is InChI=1S/C19H24N6O2/c1-19(2,3)25-16-13(12-20-25)17(27)22-18(21-16)24-10-8-23(9-11-24)14-6-4-5-7-15(14)26/h4-7,12,26H,8-11H2,1-3H3,(H,21,22,27). The van der Waals surface area contributed by atoms with Crippen LogP contribution in [0.3, 0.4) is 0 Å². The van der Waals surface area contributed by atoms with Crippen LogP contribution in [-0.4, -0.2) is 51.0 Å². The van der Waals surface area contributed by atoms with Gasteiger partial charge in [0.1, 0.15) is 11.1 Å². The van der Waals surface area contributed by atoms with Crippen molar-refractivity contribution < 1.29 is 5.11 Å². The molecule has 0 aliphatic carbocycles. The number of benzene rings is 1. The quantitative estimate of drug-likeness (QED) is 0.718. The minimum absolute atomic E-state index is 0.173. The zero-order valence-electron chi connectivity index (χ0n) is 15.8. The van der Waals surface area contributed by atoms with Crippen molar-refractivity contribution in [3.63, 3.8) is 0 Å². The maximum atomic E-state index is 12.5. The third-order valence-electron chi connectivity index (χ3n) is 4.86. The molecule has 27 heavy (non-hydrogen) atoms. The number of hydrogen-bond donors (Lipinski definition) is 2. The van der Waals surface area contributed by atoms with E-state index in [-0.39, 0.29) is 16.8 Å². The topological polar surface area (TPSA) is 90.3 Å². The van der Waals surface area contributed by atoms with Gasteiger partial charge in [-0.3, -0.25) is 9.78 Å². The molecule has 8 heteroatoms. The van der Waals surface area contributed by atoms with Gasteiger partial charge in [-0.25, -0.2) is 4.68 Å². The van der Waals surface area contributed by atoms with Crippen molar-refractivity contribution in [2.45, 2.75) is 26.3 Å². The Morgan fingerprint density at radius 2 is 1.74 bits per heavy atom. The number of hydrogen-bond acceptors (Lipinski definition) is 6. The van der Waals surface area contributed by atoms with E-state index in [0.29, 0.717) is 30.1 Å². The Balaban J connectivity index is 1.61. The Morgan fingerprint density at radius 3 is 2.41 bits per heavy atom. The lowest BCUT2D eigenvalue weighted by molar-refractivity contribution is 0.366. The first-order chi connectivity index (χ1) is 12.8. The molecule has 0 spiro atoms. The van der Waals surface area contributed by atoms with E-state index in [1.807, 2.05) is 39.0 Å². The molecule has 0 amide bonds. The molecule has 3 aromatic rings. The summed E-state index contributed by atoms with van der Waals surface area (Å²) in [5.41, 5.74) is 1.00. The fourth-order valence-corrected chi connectivity index (χ4v) is 3.44. The molecule has 3 heterocycles. The minimum atomic E-state index is -0.261. The number of anilines is 2. The molecule has 142 valence electrons.